The Labute approximate surface area is 141 Å². The lowest BCUT2D eigenvalue weighted by Crippen LogP contribution is -1.97. The van der Waals surface area contributed by atoms with Crippen molar-refractivity contribution in [2.45, 2.75) is 26.7 Å². The van der Waals surface area contributed by atoms with Crippen LogP contribution in [0.25, 0.3) is 6.08 Å². The van der Waals surface area contributed by atoms with E-state index in [0.29, 0.717) is 11.4 Å². The number of carbonyl (C=O) groups is 1. The topological polar surface area (TPSA) is 42.0 Å². The van der Waals surface area contributed by atoms with Crippen LogP contribution in [0.4, 0.5) is 5.13 Å². The zero-order valence-corrected chi connectivity index (χ0v) is 14.5. The van der Waals surface area contributed by atoms with Crippen LogP contribution in [0, 0.1) is 6.92 Å². The van der Waals surface area contributed by atoms with Gasteiger partial charge in [0.05, 0.1) is 0 Å². The van der Waals surface area contributed by atoms with E-state index in [1.165, 1.54) is 4.88 Å². The second-order valence-electron chi connectivity index (χ2n) is 4.53. The molecule has 0 fully saturated rings. The summed E-state index contributed by atoms with van der Waals surface area (Å²) in [6.07, 6.45) is 7.96. The number of allylic oxidation sites excluding steroid dienone is 1. The van der Waals surface area contributed by atoms with Crippen molar-refractivity contribution in [3.63, 3.8) is 0 Å². The number of nitrogens with one attached hydrogen (secondary N) is 1. The third kappa shape index (κ3) is 7.38. The van der Waals surface area contributed by atoms with Crippen LogP contribution in [0.2, 0.25) is 5.02 Å². The second-order valence-corrected chi connectivity index (χ2v) is 6.17. The molecular formula is C17H21ClN2OS. The second kappa shape index (κ2) is 11.0. The number of benzene rings is 1. The fourth-order valence-corrected chi connectivity index (χ4v) is 2.42. The molecule has 0 saturated carbocycles. The predicted molar refractivity (Wildman–Crippen MR) is 96.8 cm³/mol. The predicted octanol–water partition coefficient (Wildman–Crippen LogP) is 5.22. The molecule has 2 rings (SSSR count). The summed E-state index contributed by atoms with van der Waals surface area (Å²) in [4.78, 5) is 15.4. The molecule has 1 heterocycles. The van der Waals surface area contributed by atoms with E-state index in [4.69, 9.17) is 11.6 Å². The first-order valence-corrected chi connectivity index (χ1v) is 8.37. The van der Waals surface area contributed by atoms with Crippen molar-refractivity contribution in [1.29, 1.82) is 0 Å². The molecular weight excluding hydrogens is 316 g/mol. The number of aryl methyl sites for hydroxylation is 1. The van der Waals surface area contributed by atoms with Gasteiger partial charge in [0.25, 0.3) is 0 Å². The number of anilines is 1. The molecule has 2 aromatic rings. The quantitative estimate of drug-likeness (QED) is 0.736. The van der Waals surface area contributed by atoms with Gasteiger partial charge in [-0.1, -0.05) is 48.9 Å². The number of carbonyl (C=O) groups excluding carboxylic acids is 1. The highest BCUT2D eigenvalue weighted by Gasteiger charge is 1.94. The van der Waals surface area contributed by atoms with E-state index in [1.807, 2.05) is 36.5 Å². The van der Waals surface area contributed by atoms with Gasteiger partial charge < -0.3 is 10.1 Å². The SMILES string of the molecule is CCCNc1ncc(C)s1.O=CC/C=C/c1ccccc1Cl. The number of halogens is 1. The lowest BCUT2D eigenvalue weighted by molar-refractivity contribution is -0.107. The van der Waals surface area contributed by atoms with Gasteiger partial charge in [-0.2, -0.15) is 0 Å². The first-order valence-electron chi connectivity index (χ1n) is 7.18. The fraction of sp³-hybridized carbons (Fsp3) is 0.294. The first-order chi connectivity index (χ1) is 10.7. The number of hydrogen-bond acceptors (Lipinski definition) is 4. The maximum absolute atomic E-state index is 10.00. The summed E-state index contributed by atoms with van der Waals surface area (Å²) in [6.45, 7) is 5.23. The van der Waals surface area contributed by atoms with Gasteiger partial charge in [-0.3, -0.25) is 0 Å². The average Bonchev–Trinajstić information content (AvgIpc) is 2.94. The molecule has 0 aliphatic rings. The highest BCUT2D eigenvalue weighted by molar-refractivity contribution is 7.15. The van der Waals surface area contributed by atoms with E-state index in [-0.39, 0.29) is 0 Å². The number of rotatable bonds is 6. The Kier molecular flexibility index (Phi) is 9.19. The Hall–Kier alpha value is -1.65. The van der Waals surface area contributed by atoms with Crippen LogP contribution < -0.4 is 5.32 Å². The van der Waals surface area contributed by atoms with Gasteiger partial charge in [0, 0.05) is 29.1 Å². The monoisotopic (exact) mass is 336 g/mol. The van der Waals surface area contributed by atoms with Gasteiger partial charge in [-0.05, 0) is 25.0 Å². The van der Waals surface area contributed by atoms with Crippen LogP contribution in [-0.2, 0) is 4.79 Å². The molecule has 118 valence electrons. The van der Waals surface area contributed by atoms with Crippen LogP contribution in [-0.4, -0.2) is 17.8 Å². The van der Waals surface area contributed by atoms with E-state index in [0.717, 1.165) is 29.9 Å². The summed E-state index contributed by atoms with van der Waals surface area (Å²) < 4.78 is 0. The molecule has 0 saturated heterocycles. The molecule has 0 unspecified atom stereocenters. The molecule has 0 bridgehead atoms. The zero-order valence-electron chi connectivity index (χ0n) is 12.9. The maximum Gasteiger partial charge on any atom is 0.182 e. The minimum atomic E-state index is 0.436. The van der Waals surface area contributed by atoms with Crippen LogP contribution in [0.5, 0.6) is 0 Å². The first kappa shape index (κ1) is 18.4. The molecule has 0 aliphatic carbocycles. The van der Waals surface area contributed by atoms with Gasteiger partial charge in [0.15, 0.2) is 5.13 Å². The van der Waals surface area contributed by atoms with Crippen LogP contribution in [0.15, 0.2) is 36.5 Å². The standard InChI is InChI=1S/C10H9ClO.C7H12N2S/c11-10-7-2-1-5-9(10)6-3-4-8-12;1-3-4-8-7-9-5-6(2)10-7/h1-3,5-8H,4H2;5H,3-4H2,1-2H3,(H,8,9)/b6-3+;. The van der Waals surface area contributed by atoms with Gasteiger partial charge in [-0.15, -0.1) is 11.3 Å². The molecule has 22 heavy (non-hydrogen) atoms. The Bertz CT molecular complexity index is 596. The maximum atomic E-state index is 10.00. The van der Waals surface area contributed by atoms with E-state index < -0.39 is 0 Å². The van der Waals surface area contributed by atoms with Gasteiger partial charge in [0.1, 0.15) is 6.29 Å². The Morgan fingerprint density at radius 3 is 2.73 bits per heavy atom. The zero-order chi connectivity index (χ0) is 16.2. The highest BCUT2D eigenvalue weighted by Crippen LogP contribution is 2.16. The van der Waals surface area contributed by atoms with E-state index >= 15 is 0 Å². The van der Waals surface area contributed by atoms with E-state index in [2.05, 4.69) is 24.1 Å². The third-order valence-electron chi connectivity index (χ3n) is 2.58. The third-order valence-corrected chi connectivity index (χ3v) is 3.80. The minimum Gasteiger partial charge on any atom is -0.362 e. The summed E-state index contributed by atoms with van der Waals surface area (Å²) in [5.41, 5.74) is 0.945. The lowest BCUT2D eigenvalue weighted by Gasteiger charge is -1.95. The van der Waals surface area contributed by atoms with Gasteiger partial charge >= 0.3 is 0 Å². The summed E-state index contributed by atoms with van der Waals surface area (Å²) in [5, 5.41) is 4.97. The minimum absolute atomic E-state index is 0.436. The largest absolute Gasteiger partial charge is 0.362 e. The summed E-state index contributed by atoms with van der Waals surface area (Å²) in [6, 6.07) is 7.51. The Morgan fingerprint density at radius 2 is 2.14 bits per heavy atom. The van der Waals surface area contributed by atoms with Crippen molar-refractivity contribution < 1.29 is 4.79 Å². The van der Waals surface area contributed by atoms with Crippen LogP contribution >= 0.6 is 22.9 Å². The fourth-order valence-electron chi connectivity index (χ4n) is 1.53. The molecule has 1 N–H and O–H groups in total. The number of nitrogens with zero attached hydrogens (tertiary/aromatic N) is 1. The summed E-state index contributed by atoms with van der Waals surface area (Å²) >= 11 is 7.57. The number of aldehydes is 1. The van der Waals surface area contributed by atoms with Crippen LogP contribution in [0.1, 0.15) is 30.2 Å². The van der Waals surface area contributed by atoms with Crippen molar-refractivity contribution in [2.24, 2.45) is 0 Å². The van der Waals surface area contributed by atoms with Crippen molar-refractivity contribution in [3.8, 4) is 0 Å². The molecule has 3 nitrogen and oxygen atoms in total. The number of thiazole rings is 1. The van der Waals surface area contributed by atoms with Crippen LogP contribution in [0.3, 0.4) is 0 Å². The average molecular weight is 337 g/mol. The van der Waals surface area contributed by atoms with Crippen molar-refractivity contribution >= 4 is 40.4 Å². The van der Waals surface area contributed by atoms with Gasteiger partial charge in [0.2, 0.25) is 0 Å². The highest BCUT2D eigenvalue weighted by atomic mass is 35.5. The van der Waals surface area contributed by atoms with E-state index in [9.17, 15) is 4.79 Å². The number of hydrogen-bond donors (Lipinski definition) is 1. The van der Waals surface area contributed by atoms with E-state index in [1.54, 1.807) is 17.4 Å². The molecule has 0 aliphatic heterocycles. The van der Waals surface area contributed by atoms with Crippen molar-refractivity contribution in [1.82, 2.24) is 4.98 Å². The molecule has 1 aromatic heterocycles. The normalized spacial score (nSPS) is 10.1. The van der Waals surface area contributed by atoms with Gasteiger partial charge in [-0.25, -0.2) is 4.98 Å². The lowest BCUT2D eigenvalue weighted by atomic mass is 10.2. The Morgan fingerprint density at radius 1 is 1.36 bits per heavy atom. The smallest absolute Gasteiger partial charge is 0.182 e. The molecule has 0 spiro atoms. The molecule has 0 radical (unpaired) electrons. The molecule has 1 aromatic carbocycles. The number of aromatic nitrogens is 1. The van der Waals surface area contributed by atoms with Crippen molar-refractivity contribution in [2.75, 3.05) is 11.9 Å². The molecule has 5 heteroatoms. The molecule has 0 amide bonds. The summed E-state index contributed by atoms with van der Waals surface area (Å²) in [7, 11) is 0. The molecule has 0 atom stereocenters. The summed E-state index contributed by atoms with van der Waals surface area (Å²) in [5.74, 6) is 0. The van der Waals surface area contributed by atoms with Crippen molar-refractivity contribution in [3.05, 3.63) is 52.0 Å². The Balaban J connectivity index is 0.000000224.